The number of benzene rings is 2. The molecule has 2 heterocycles. The van der Waals surface area contributed by atoms with Gasteiger partial charge in [-0.3, -0.25) is 4.79 Å². The van der Waals surface area contributed by atoms with E-state index in [1.807, 2.05) is 36.4 Å². The molecule has 0 saturated heterocycles. The van der Waals surface area contributed by atoms with E-state index in [0.717, 1.165) is 23.4 Å². The van der Waals surface area contributed by atoms with Gasteiger partial charge >= 0.3 is 0 Å². The van der Waals surface area contributed by atoms with Crippen LogP contribution in [0.1, 0.15) is 12.5 Å². The second kappa shape index (κ2) is 7.67. The average molecular weight is 383 g/mol. The minimum atomic E-state index is -0.110. The number of aryl methyl sites for hydroxylation is 1. The molecule has 9 heteroatoms. The lowest BCUT2D eigenvalue weighted by Crippen LogP contribution is -2.15. The number of para-hydroxylation sites is 1. The fourth-order valence-electron chi connectivity index (χ4n) is 2.71. The SMILES string of the molecule is CCc1ccccc1NC(=O)CSc1nnnn1-c1ccc2c(c1)OCO2. The Bertz CT molecular complexity index is 975. The van der Waals surface area contributed by atoms with E-state index >= 15 is 0 Å². The zero-order chi connectivity index (χ0) is 18.6. The molecule has 0 spiro atoms. The standard InChI is InChI=1S/C18H17N5O3S/c1-2-12-5-3-4-6-14(12)19-17(24)10-27-18-20-21-22-23(18)13-7-8-15-16(9-13)26-11-25-15/h3-9H,2,10-11H2,1H3,(H,19,24). The van der Waals surface area contributed by atoms with Gasteiger partial charge in [0.2, 0.25) is 17.9 Å². The van der Waals surface area contributed by atoms with E-state index in [1.54, 1.807) is 10.7 Å². The number of tetrazole rings is 1. The molecule has 0 aliphatic carbocycles. The topological polar surface area (TPSA) is 91.2 Å². The third-order valence-corrected chi connectivity index (χ3v) is 4.97. The number of hydrogen-bond acceptors (Lipinski definition) is 7. The van der Waals surface area contributed by atoms with Crippen LogP contribution in [0.25, 0.3) is 5.69 Å². The summed E-state index contributed by atoms with van der Waals surface area (Å²) in [6.45, 7) is 2.26. The molecule has 1 aliphatic rings. The van der Waals surface area contributed by atoms with Crippen molar-refractivity contribution < 1.29 is 14.3 Å². The van der Waals surface area contributed by atoms with E-state index < -0.39 is 0 Å². The molecule has 1 N–H and O–H groups in total. The number of thioether (sulfide) groups is 1. The Morgan fingerprint density at radius 3 is 2.96 bits per heavy atom. The smallest absolute Gasteiger partial charge is 0.234 e. The third kappa shape index (κ3) is 3.72. The molecule has 27 heavy (non-hydrogen) atoms. The maximum Gasteiger partial charge on any atom is 0.234 e. The predicted molar refractivity (Wildman–Crippen MR) is 100 cm³/mol. The monoisotopic (exact) mass is 383 g/mol. The van der Waals surface area contributed by atoms with E-state index in [2.05, 4.69) is 27.8 Å². The first-order chi connectivity index (χ1) is 13.2. The first-order valence-corrected chi connectivity index (χ1v) is 9.42. The summed E-state index contributed by atoms with van der Waals surface area (Å²) in [5, 5.41) is 15.2. The van der Waals surface area contributed by atoms with Crippen LogP contribution in [0.15, 0.2) is 47.6 Å². The number of carbonyl (C=O) groups excluding carboxylic acids is 1. The Labute approximate surface area is 159 Å². The lowest BCUT2D eigenvalue weighted by molar-refractivity contribution is -0.113. The number of amides is 1. The second-order valence-electron chi connectivity index (χ2n) is 5.76. The molecule has 0 radical (unpaired) electrons. The molecule has 0 bridgehead atoms. The van der Waals surface area contributed by atoms with Crippen LogP contribution in [0, 0.1) is 0 Å². The van der Waals surface area contributed by atoms with Gasteiger partial charge in [0.15, 0.2) is 11.5 Å². The number of carbonyl (C=O) groups is 1. The van der Waals surface area contributed by atoms with Crippen molar-refractivity contribution in [2.45, 2.75) is 18.5 Å². The number of nitrogens with one attached hydrogen (secondary N) is 1. The zero-order valence-corrected chi connectivity index (χ0v) is 15.4. The number of hydrogen-bond donors (Lipinski definition) is 1. The molecule has 0 atom stereocenters. The molecule has 0 unspecified atom stereocenters. The lowest BCUT2D eigenvalue weighted by Gasteiger charge is -2.09. The highest BCUT2D eigenvalue weighted by Gasteiger charge is 2.17. The Kier molecular flexibility index (Phi) is 4.93. The summed E-state index contributed by atoms with van der Waals surface area (Å²) in [4.78, 5) is 12.3. The van der Waals surface area contributed by atoms with Gasteiger partial charge in [0.05, 0.1) is 11.4 Å². The molecular formula is C18H17N5O3S. The van der Waals surface area contributed by atoms with E-state index in [0.29, 0.717) is 16.7 Å². The van der Waals surface area contributed by atoms with E-state index in [1.165, 1.54) is 11.8 Å². The van der Waals surface area contributed by atoms with Crippen molar-refractivity contribution in [1.82, 2.24) is 20.2 Å². The summed E-state index contributed by atoms with van der Waals surface area (Å²) in [5.41, 5.74) is 2.67. The number of aromatic nitrogens is 4. The molecule has 3 aromatic rings. The van der Waals surface area contributed by atoms with Gasteiger partial charge in [-0.05, 0) is 40.6 Å². The Morgan fingerprint density at radius 1 is 1.22 bits per heavy atom. The number of rotatable bonds is 6. The number of nitrogens with zero attached hydrogens (tertiary/aromatic N) is 4. The first-order valence-electron chi connectivity index (χ1n) is 8.43. The predicted octanol–water partition coefficient (Wildman–Crippen LogP) is 2.68. The van der Waals surface area contributed by atoms with E-state index in [9.17, 15) is 4.79 Å². The van der Waals surface area contributed by atoms with Crippen molar-refractivity contribution in [3.05, 3.63) is 48.0 Å². The van der Waals surface area contributed by atoms with Crippen LogP contribution in [0.4, 0.5) is 5.69 Å². The van der Waals surface area contributed by atoms with Crippen LogP contribution in [-0.4, -0.2) is 38.7 Å². The first kappa shape index (κ1) is 17.3. The maximum atomic E-state index is 12.3. The summed E-state index contributed by atoms with van der Waals surface area (Å²) >= 11 is 1.27. The van der Waals surface area contributed by atoms with Gasteiger partial charge in [0, 0.05) is 11.8 Å². The Morgan fingerprint density at radius 2 is 2.07 bits per heavy atom. The van der Waals surface area contributed by atoms with Crippen LogP contribution < -0.4 is 14.8 Å². The zero-order valence-electron chi connectivity index (χ0n) is 14.6. The molecule has 1 aliphatic heterocycles. The molecule has 4 rings (SSSR count). The van der Waals surface area contributed by atoms with Gasteiger partial charge in [-0.15, -0.1) is 5.10 Å². The van der Waals surface area contributed by atoms with Crippen LogP contribution in [-0.2, 0) is 11.2 Å². The van der Waals surface area contributed by atoms with Crippen LogP contribution in [0.2, 0.25) is 0 Å². The van der Waals surface area contributed by atoms with Gasteiger partial charge in [-0.1, -0.05) is 36.9 Å². The third-order valence-electron chi connectivity index (χ3n) is 4.05. The van der Waals surface area contributed by atoms with Crippen molar-refractivity contribution in [2.24, 2.45) is 0 Å². The molecule has 0 fully saturated rings. The molecule has 1 aromatic heterocycles. The largest absolute Gasteiger partial charge is 0.454 e. The number of ether oxygens (including phenoxy) is 2. The van der Waals surface area contributed by atoms with E-state index in [4.69, 9.17) is 9.47 Å². The van der Waals surface area contributed by atoms with Gasteiger partial charge in [0.25, 0.3) is 0 Å². The molecule has 138 valence electrons. The normalized spacial score (nSPS) is 12.2. The van der Waals surface area contributed by atoms with E-state index in [-0.39, 0.29) is 18.5 Å². The molecular weight excluding hydrogens is 366 g/mol. The highest BCUT2D eigenvalue weighted by Crippen LogP contribution is 2.34. The van der Waals surface area contributed by atoms with Gasteiger partial charge in [-0.2, -0.15) is 4.68 Å². The minimum absolute atomic E-state index is 0.110. The summed E-state index contributed by atoms with van der Waals surface area (Å²) < 4.78 is 12.3. The second-order valence-corrected chi connectivity index (χ2v) is 6.70. The van der Waals surface area contributed by atoms with Crippen molar-refractivity contribution in [1.29, 1.82) is 0 Å². The van der Waals surface area contributed by atoms with Crippen molar-refractivity contribution in [3.8, 4) is 17.2 Å². The minimum Gasteiger partial charge on any atom is -0.454 e. The summed E-state index contributed by atoms with van der Waals surface area (Å²) in [6.07, 6.45) is 0.853. The highest BCUT2D eigenvalue weighted by molar-refractivity contribution is 7.99. The average Bonchev–Trinajstić information content (AvgIpc) is 3.35. The van der Waals surface area contributed by atoms with Gasteiger partial charge in [0.1, 0.15) is 0 Å². The van der Waals surface area contributed by atoms with Crippen molar-refractivity contribution >= 4 is 23.4 Å². The summed E-state index contributed by atoms with van der Waals surface area (Å²) in [5.74, 6) is 1.42. The Hall–Kier alpha value is -3.07. The number of fused-ring (bicyclic) bond motifs is 1. The molecule has 8 nitrogen and oxygen atoms in total. The maximum absolute atomic E-state index is 12.3. The summed E-state index contributed by atoms with van der Waals surface area (Å²) in [6, 6.07) is 13.2. The Balaban J connectivity index is 1.44. The van der Waals surface area contributed by atoms with Crippen molar-refractivity contribution in [2.75, 3.05) is 17.9 Å². The van der Waals surface area contributed by atoms with Crippen LogP contribution >= 0.6 is 11.8 Å². The van der Waals surface area contributed by atoms with Crippen molar-refractivity contribution in [3.63, 3.8) is 0 Å². The van der Waals surface area contributed by atoms with Crippen LogP contribution in [0.3, 0.4) is 0 Å². The quantitative estimate of drug-likeness (QED) is 0.654. The molecule has 1 amide bonds. The van der Waals surface area contributed by atoms with Gasteiger partial charge in [-0.25, -0.2) is 0 Å². The fraction of sp³-hybridized carbons (Fsp3) is 0.222. The lowest BCUT2D eigenvalue weighted by atomic mass is 10.1. The van der Waals surface area contributed by atoms with Crippen LogP contribution in [0.5, 0.6) is 11.5 Å². The van der Waals surface area contributed by atoms with Gasteiger partial charge < -0.3 is 14.8 Å². The highest BCUT2D eigenvalue weighted by atomic mass is 32.2. The summed E-state index contributed by atoms with van der Waals surface area (Å²) in [7, 11) is 0. The molecule has 0 saturated carbocycles. The fourth-order valence-corrected chi connectivity index (χ4v) is 3.41. The molecule has 2 aromatic carbocycles. The number of anilines is 1.